The lowest BCUT2D eigenvalue weighted by Gasteiger charge is -2.20. The van der Waals surface area contributed by atoms with E-state index in [4.69, 9.17) is 0 Å². The Hall–Kier alpha value is -0.0900. The van der Waals surface area contributed by atoms with Crippen LogP contribution in [0.3, 0.4) is 0 Å². The minimum absolute atomic E-state index is 0.310. The topological polar surface area (TPSA) is 46.2 Å². The van der Waals surface area contributed by atoms with Crippen molar-refractivity contribution >= 4 is 9.84 Å². The first kappa shape index (κ1) is 15.9. The van der Waals surface area contributed by atoms with Gasteiger partial charge in [0.2, 0.25) is 0 Å². The Labute approximate surface area is 101 Å². The predicted octanol–water partition coefficient (Wildman–Crippen LogP) is 2.08. The molecular formula is C12H27NO2S. The van der Waals surface area contributed by atoms with E-state index in [0.29, 0.717) is 23.6 Å². The summed E-state index contributed by atoms with van der Waals surface area (Å²) in [5.74, 6) is 1.40. The molecule has 0 saturated carbocycles. The van der Waals surface area contributed by atoms with E-state index in [1.165, 1.54) is 6.26 Å². The van der Waals surface area contributed by atoms with Crippen LogP contribution in [0.25, 0.3) is 0 Å². The fraction of sp³-hybridized carbons (Fsp3) is 1.00. The maximum Gasteiger partial charge on any atom is 0.147 e. The minimum atomic E-state index is -2.82. The Bertz CT molecular complexity index is 271. The Morgan fingerprint density at radius 3 is 2.06 bits per heavy atom. The Morgan fingerprint density at radius 2 is 1.69 bits per heavy atom. The second-order valence-electron chi connectivity index (χ2n) is 5.48. The molecule has 1 unspecified atom stereocenters. The number of sulfone groups is 1. The smallest absolute Gasteiger partial charge is 0.147 e. The van der Waals surface area contributed by atoms with Gasteiger partial charge in [0.15, 0.2) is 0 Å². The summed E-state index contributed by atoms with van der Waals surface area (Å²) in [4.78, 5) is 0. The minimum Gasteiger partial charge on any atom is -0.314 e. The molecule has 0 spiro atoms. The normalized spacial score (nSPS) is 14.7. The highest BCUT2D eigenvalue weighted by Crippen LogP contribution is 2.15. The molecule has 0 heterocycles. The van der Waals surface area contributed by atoms with E-state index >= 15 is 0 Å². The van der Waals surface area contributed by atoms with Crippen molar-refractivity contribution in [3.05, 3.63) is 0 Å². The van der Waals surface area contributed by atoms with Gasteiger partial charge < -0.3 is 5.32 Å². The molecule has 0 aliphatic heterocycles. The molecule has 0 aromatic heterocycles. The molecule has 0 rings (SSSR count). The van der Waals surface area contributed by atoms with E-state index in [1.807, 2.05) is 0 Å². The zero-order valence-electron chi connectivity index (χ0n) is 11.3. The standard InChI is InChI=1S/C12H27NO2S/c1-10(2)8-12(9-13-11(3)4)6-7-16(5,14)15/h10-13H,6-9H2,1-5H3. The van der Waals surface area contributed by atoms with Crippen LogP contribution in [-0.2, 0) is 9.84 Å². The third-order valence-corrected chi connectivity index (χ3v) is 3.49. The predicted molar refractivity (Wildman–Crippen MR) is 70.4 cm³/mol. The molecule has 0 fully saturated rings. The van der Waals surface area contributed by atoms with Gasteiger partial charge >= 0.3 is 0 Å². The SMILES string of the molecule is CC(C)CC(CCS(C)(=O)=O)CNC(C)C. The molecule has 0 saturated heterocycles. The van der Waals surface area contributed by atoms with E-state index in [2.05, 4.69) is 33.0 Å². The summed E-state index contributed by atoms with van der Waals surface area (Å²) in [6, 6.07) is 0.466. The molecule has 3 nitrogen and oxygen atoms in total. The van der Waals surface area contributed by atoms with Gasteiger partial charge in [0.1, 0.15) is 9.84 Å². The van der Waals surface area contributed by atoms with Crippen LogP contribution in [0.2, 0.25) is 0 Å². The van der Waals surface area contributed by atoms with Gasteiger partial charge in [-0.25, -0.2) is 8.42 Å². The first-order valence-corrected chi connectivity index (χ1v) is 8.18. The van der Waals surface area contributed by atoms with Crippen molar-refractivity contribution < 1.29 is 8.42 Å². The molecule has 0 aliphatic carbocycles. The highest BCUT2D eigenvalue weighted by atomic mass is 32.2. The highest BCUT2D eigenvalue weighted by molar-refractivity contribution is 7.90. The molecule has 4 heteroatoms. The maximum absolute atomic E-state index is 11.1. The lowest BCUT2D eigenvalue weighted by atomic mass is 9.94. The molecular weight excluding hydrogens is 222 g/mol. The fourth-order valence-corrected chi connectivity index (χ4v) is 2.51. The van der Waals surface area contributed by atoms with Crippen LogP contribution in [-0.4, -0.2) is 33.0 Å². The molecule has 98 valence electrons. The molecule has 1 atom stereocenters. The average molecular weight is 249 g/mol. The summed E-state index contributed by atoms with van der Waals surface area (Å²) in [6.45, 7) is 9.52. The summed E-state index contributed by atoms with van der Waals surface area (Å²) < 4.78 is 22.3. The number of nitrogens with one attached hydrogen (secondary N) is 1. The van der Waals surface area contributed by atoms with Crippen LogP contribution in [0.1, 0.15) is 40.5 Å². The van der Waals surface area contributed by atoms with E-state index in [-0.39, 0.29) is 0 Å². The van der Waals surface area contributed by atoms with Gasteiger partial charge in [-0.1, -0.05) is 27.7 Å². The molecule has 0 aromatic rings. The fourth-order valence-electron chi connectivity index (χ4n) is 1.75. The number of hydrogen-bond donors (Lipinski definition) is 1. The average Bonchev–Trinajstić information content (AvgIpc) is 2.07. The van der Waals surface area contributed by atoms with Gasteiger partial charge in [-0.2, -0.15) is 0 Å². The largest absolute Gasteiger partial charge is 0.314 e. The molecule has 0 aromatic carbocycles. The van der Waals surface area contributed by atoms with Crippen LogP contribution >= 0.6 is 0 Å². The van der Waals surface area contributed by atoms with Crippen LogP contribution in [0.5, 0.6) is 0 Å². The molecule has 0 aliphatic rings. The Morgan fingerprint density at radius 1 is 1.12 bits per heavy atom. The van der Waals surface area contributed by atoms with Crippen LogP contribution < -0.4 is 5.32 Å². The first-order valence-electron chi connectivity index (χ1n) is 6.11. The summed E-state index contributed by atoms with van der Waals surface area (Å²) >= 11 is 0. The third-order valence-electron chi connectivity index (χ3n) is 2.52. The van der Waals surface area contributed by atoms with Crippen molar-refractivity contribution in [3.8, 4) is 0 Å². The monoisotopic (exact) mass is 249 g/mol. The van der Waals surface area contributed by atoms with E-state index < -0.39 is 9.84 Å². The van der Waals surface area contributed by atoms with Crippen LogP contribution in [0.4, 0.5) is 0 Å². The summed E-state index contributed by atoms with van der Waals surface area (Å²) in [6.07, 6.45) is 3.18. The molecule has 0 bridgehead atoms. The van der Waals surface area contributed by atoms with Crippen molar-refractivity contribution in [1.29, 1.82) is 0 Å². The van der Waals surface area contributed by atoms with Crippen molar-refractivity contribution in [2.24, 2.45) is 11.8 Å². The Balaban J connectivity index is 4.10. The second kappa shape index (κ2) is 7.28. The number of rotatable bonds is 8. The van der Waals surface area contributed by atoms with Crippen molar-refractivity contribution in [2.75, 3.05) is 18.6 Å². The van der Waals surface area contributed by atoms with E-state index in [0.717, 1.165) is 19.4 Å². The lowest BCUT2D eigenvalue weighted by Crippen LogP contribution is -2.30. The lowest BCUT2D eigenvalue weighted by molar-refractivity contribution is 0.366. The summed E-state index contributed by atoms with van der Waals surface area (Å²) in [5.41, 5.74) is 0. The Kier molecular flexibility index (Phi) is 7.24. The second-order valence-corrected chi connectivity index (χ2v) is 7.74. The van der Waals surface area contributed by atoms with Gasteiger partial charge in [0, 0.05) is 12.3 Å². The zero-order valence-corrected chi connectivity index (χ0v) is 12.1. The highest BCUT2D eigenvalue weighted by Gasteiger charge is 2.14. The van der Waals surface area contributed by atoms with Crippen LogP contribution in [0.15, 0.2) is 0 Å². The van der Waals surface area contributed by atoms with E-state index in [9.17, 15) is 8.42 Å². The maximum atomic E-state index is 11.1. The molecule has 1 N–H and O–H groups in total. The van der Waals surface area contributed by atoms with Gasteiger partial charge in [0.05, 0.1) is 5.75 Å². The van der Waals surface area contributed by atoms with Crippen molar-refractivity contribution in [2.45, 2.75) is 46.6 Å². The quantitative estimate of drug-likeness (QED) is 0.716. The molecule has 16 heavy (non-hydrogen) atoms. The zero-order chi connectivity index (χ0) is 12.8. The summed E-state index contributed by atoms with van der Waals surface area (Å²) in [5, 5.41) is 3.39. The first-order chi connectivity index (χ1) is 7.20. The van der Waals surface area contributed by atoms with Gasteiger partial charge in [-0.05, 0) is 31.2 Å². The van der Waals surface area contributed by atoms with Gasteiger partial charge in [-0.3, -0.25) is 0 Å². The molecule has 0 radical (unpaired) electrons. The summed E-state index contributed by atoms with van der Waals surface area (Å²) in [7, 11) is -2.82. The van der Waals surface area contributed by atoms with Gasteiger partial charge in [0.25, 0.3) is 0 Å². The molecule has 0 amide bonds. The van der Waals surface area contributed by atoms with E-state index in [1.54, 1.807) is 0 Å². The van der Waals surface area contributed by atoms with Crippen molar-refractivity contribution in [3.63, 3.8) is 0 Å². The number of hydrogen-bond acceptors (Lipinski definition) is 3. The third kappa shape index (κ3) is 10.4. The van der Waals surface area contributed by atoms with Crippen LogP contribution in [0, 0.1) is 11.8 Å². The van der Waals surface area contributed by atoms with Crippen molar-refractivity contribution in [1.82, 2.24) is 5.32 Å². The van der Waals surface area contributed by atoms with Gasteiger partial charge in [-0.15, -0.1) is 0 Å².